The summed E-state index contributed by atoms with van der Waals surface area (Å²) in [4.78, 5) is 10.2. The Bertz CT molecular complexity index is 418. The van der Waals surface area contributed by atoms with Crippen LogP contribution in [0.25, 0.3) is 0 Å². The van der Waals surface area contributed by atoms with Crippen molar-refractivity contribution in [2.75, 3.05) is 0 Å². The minimum absolute atomic E-state index is 0.174. The van der Waals surface area contributed by atoms with E-state index in [1.54, 1.807) is 18.2 Å². The summed E-state index contributed by atoms with van der Waals surface area (Å²) < 4.78 is 0.867. The second-order valence-corrected chi connectivity index (χ2v) is 3.82. The number of aliphatic carboxylic acids is 1. The standard InChI is InChI=1S/C10H6BrClO2/c11-8-5-4-7(9(12)6-8)2-1-3-10(13)14/h4-6H,3H2,(H,13,14). The average Bonchev–Trinajstić information content (AvgIpc) is 2.08. The molecule has 0 atom stereocenters. The molecule has 0 heterocycles. The Morgan fingerprint density at radius 3 is 2.86 bits per heavy atom. The molecule has 0 aliphatic heterocycles. The van der Waals surface area contributed by atoms with Gasteiger partial charge in [0.15, 0.2) is 0 Å². The van der Waals surface area contributed by atoms with Crippen molar-refractivity contribution in [3.05, 3.63) is 33.3 Å². The van der Waals surface area contributed by atoms with Crippen molar-refractivity contribution in [1.29, 1.82) is 0 Å². The third-order valence-electron chi connectivity index (χ3n) is 1.39. The van der Waals surface area contributed by atoms with Crippen LogP contribution in [0.5, 0.6) is 0 Å². The zero-order valence-electron chi connectivity index (χ0n) is 7.05. The van der Waals surface area contributed by atoms with Crippen LogP contribution in [0.2, 0.25) is 5.02 Å². The molecular formula is C10H6BrClO2. The molecule has 0 aliphatic carbocycles. The number of carboxylic acid groups (broad SMARTS) is 1. The molecule has 0 saturated heterocycles. The molecule has 4 heteroatoms. The molecule has 1 rings (SSSR count). The minimum atomic E-state index is -0.939. The Hall–Kier alpha value is -0.980. The van der Waals surface area contributed by atoms with Crippen LogP contribution < -0.4 is 0 Å². The fourth-order valence-electron chi connectivity index (χ4n) is 0.806. The SMILES string of the molecule is O=C(O)CC#Cc1ccc(Br)cc1Cl. The molecule has 0 spiro atoms. The smallest absolute Gasteiger partial charge is 0.315 e. The van der Waals surface area contributed by atoms with E-state index in [4.69, 9.17) is 16.7 Å². The first kappa shape index (κ1) is 11.1. The van der Waals surface area contributed by atoms with E-state index in [-0.39, 0.29) is 6.42 Å². The molecular weight excluding hydrogens is 267 g/mol. The van der Waals surface area contributed by atoms with Gasteiger partial charge in [-0.15, -0.1) is 0 Å². The van der Waals surface area contributed by atoms with E-state index in [2.05, 4.69) is 27.8 Å². The maximum atomic E-state index is 10.2. The van der Waals surface area contributed by atoms with Gasteiger partial charge in [0.25, 0.3) is 0 Å². The van der Waals surface area contributed by atoms with Gasteiger partial charge >= 0.3 is 5.97 Å². The number of halogens is 2. The predicted octanol–water partition coefficient (Wildman–Crippen LogP) is 2.93. The Kier molecular flexibility index (Phi) is 3.99. The van der Waals surface area contributed by atoms with Crippen LogP contribution in [0, 0.1) is 11.8 Å². The van der Waals surface area contributed by atoms with E-state index >= 15 is 0 Å². The summed E-state index contributed by atoms with van der Waals surface area (Å²) in [5, 5.41) is 8.87. The Morgan fingerprint density at radius 2 is 2.29 bits per heavy atom. The highest BCUT2D eigenvalue weighted by atomic mass is 79.9. The molecule has 0 amide bonds. The van der Waals surface area contributed by atoms with Crippen molar-refractivity contribution < 1.29 is 9.90 Å². The molecule has 2 nitrogen and oxygen atoms in total. The van der Waals surface area contributed by atoms with Gasteiger partial charge in [-0.3, -0.25) is 4.79 Å². The Balaban J connectivity index is 2.85. The van der Waals surface area contributed by atoms with Gasteiger partial charge in [0, 0.05) is 10.0 Å². The van der Waals surface area contributed by atoms with E-state index in [1.807, 2.05) is 0 Å². The van der Waals surface area contributed by atoms with Crippen molar-refractivity contribution in [1.82, 2.24) is 0 Å². The zero-order valence-corrected chi connectivity index (χ0v) is 9.39. The monoisotopic (exact) mass is 272 g/mol. The normalized spacial score (nSPS) is 9.00. The zero-order chi connectivity index (χ0) is 10.6. The van der Waals surface area contributed by atoms with Crippen LogP contribution in [0.15, 0.2) is 22.7 Å². The topological polar surface area (TPSA) is 37.3 Å². The van der Waals surface area contributed by atoms with Gasteiger partial charge in [-0.05, 0) is 18.2 Å². The molecule has 0 bridgehead atoms. The van der Waals surface area contributed by atoms with Crippen molar-refractivity contribution in [2.45, 2.75) is 6.42 Å². The summed E-state index contributed by atoms with van der Waals surface area (Å²) in [6, 6.07) is 5.25. The predicted molar refractivity (Wildman–Crippen MR) is 58.3 cm³/mol. The number of rotatable bonds is 1. The highest BCUT2D eigenvalue weighted by Crippen LogP contribution is 2.20. The van der Waals surface area contributed by atoms with Gasteiger partial charge in [0.05, 0.1) is 5.02 Å². The lowest BCUT2D eigenvalue weighted by atomic mass is 10.2. The lowest BCUT2D eigenvalue weighted by molar-refractivity contribution is -0.135. The average molecular weight is 274 g/mol. The fraction of sp³-hybridized carbons (Fsp3) is 0.100. The van der Waals surface area contributed by atoms with Crippen molar-refractivity contribution >= 4 is 33.5 Å². The second-order valence-electron chi connectivity index (χ2n) is 2.50. The molecule has 0 saturated carbocycles. The summed E-state index contributed by atoms with van der Waals surface area (Å²) in [5.41, 5.74) is 0.635. The molecule has 72 valence electrons. The molecule has 1 N–H and O–H groups in total. The molecule has 0 fully saturated rings. The maximum Gasteiger partial charge on any atom is 0.315 e. The largest absolute Gasteiger partial charge is 0.481 e. The lowest BCUT2D eigenvalue weighted by Gasteiger charge is -1.95. The Labute approximate surface area is 95.0 Å². The van der Waals surface area contributed by atoms with Crippen LogP contribution >= 0.6 is 27.5 Å². The summed E-state index contributed by atoms with van der Waals surface area (Å²) in [5.74, 6) is 4.26. The highest BCUT2D eigenvalue weighted by Gasteiger charge is 1.97. The Morgan fingerprint density at radius 1 is 1.57 bits per heavy atom. The second kappa shape index (κ2) is 5.04. The lowest BCUT2D eigenvalue weighted by Crippen LogP contribution is -1.90. The van der Waals surface area contributed by atoms with Gasteiger partial charge in [-0.25, -0.2) is 0 Å². The first-order chi connectivity index (χ1) is 6.59. The van der Waals surface area contributed by atoms with Crippen LogP contribution in [0.3, 0.4) is 0 Å². The third kappa shape index (κ3) is 3.41. The van der Waals surface area contributed by atoms with Gasteiger partial charge in [0.1, 0.15) is 6.42 Å². The molecule has 0 aliphatic rings. The van der Waals surface area contributed by atoms with E-state index in [1.165, 1.54) is 0 Å². The summed E-state index contributed by atoms with van der Waals surface area (Å²) in [7, 11) is 0. The van der Waals surface area contributed by atoms with Crippen LogP contribution in [-0.4, -0.2) is 11.1 Å². The first-order valence-electron chi connectivity index (χ1n) is 3.75. The molecule has 1 aromatic rings. The van der Waals surface area contributed by atoms with Crippen LogP contribution in [-0.2, 0) is 4.79 Å². The van der Waals surface area contributed by atoms with Gasteiger partial charge in [-0.1, -0.05) is 39.4 Å². The summed E-state index contributed by atoms with van der Waals surface area (Å²) in [6.45, 7) is 0. The molecule has 0 radical (unpaired) electrons. The van der Waals surface area contributed by atoms with E-state index < -0.39 is 5.97 Å². The number of hydrogen-bond donors (Lipinski definition) is 1. The van der Waals surface area contributed by atoms with Gasteiger partial charge < -0.3 is 5.11 Å². The van der Waals surface area contributed by atoms with Crippen molar-refractivity contribution in [3.8, 4) is 11.8 Å². The van der Waals surface area contributed by atoms with Gasteiger partial charge in [-0.2, -0.15) is 0 Å². The molecule has 14 heavy (non-hydrogen) atoms. The number of hydrogen-bond acceptors (Lipinski definition) is 1. The van der Waals surface area contributed by atoms with Crippen molar-refractivity contribution in [3.63, 3.8) is 0 Å². The fourth-order valence-corrected chi connectivity index (χ4v) is 1.53. The highest BCUT2D eigenvalue weighted by molar-refractivity contribution is 9.10. The van der Waals surface area contributed by atoms with E-state index in [0.717, 1.165) is 4.47 Å². The quantitative estimate of drug-likeness (QED) is 0.799. The van der Waals surface area contributed by atoms with Gasteiger partial charge in [0.2, 0.25) is 0 Å². The number of benzene rings is 1. The van der Waals surface area contributed by atoms with E-state index in [0.29, 0.717) is 10.6 Å². The number of carboxylic acids is 1. The molecule has 0 unspecified atom stereocenters. The summed E-state index contributed by atoms with van der Waals surface area (Å²) >= 11 is 9.13. The van der Waals surface area contributed by atoms with Crippen LogP contribution in [0.4, 0.5) is 0 Å². The van der Waals surface area contributed by atoms with Crippen LogP contribution in [0.1, 0.15) is 12.0 Å². The number of carbonyl (C=O) groups is 1. The minimum Gasteiger partial charge on any atom is -0.481 e. The van der Waals surface area contributed by atoms with Crippen molar-refractivity contribution in [2.24, 2.45) is 0 Å². The third-order valence-corrected chi connectivity index (χ3v) is 2.20. The maximum absolute atomic E-state index is 10.2. The van der Waals surface area contributed by atoms with E-state index in [9.17, 15) is 4.79 Å². The summed E-state index contributed by atoms with van der Waals surface area (Å²) in [6.07, 6.45) is -0.174. The first-order valence-corrected chi connectivity index (χ1v) is 4.92. The molecule has 1 aromatic carbocycles. The molecule has 0 aromatic heterocycles.